The summed E-state index contributed by atoms with van der Waals surface area (Å²) in [6, 6.07) is 17.1. The molecule has 0 aromatic heterocycles. The molecule has 2 aromatic carbocycles. The van der Waals surface area contributed by atoms with E-state index in [4.69, 9.17) is 0 Å². The molecule has 138 valence electrons. The number of nitrogens with zero attached hydrogens (tertiary/aromatic N) is 2. The van der Waals surface area contributed by atoms with E-state index in [0.29, 0.717) is 11.6 Å². The summed E-state index contributed by atoms with van der Waals surface area (Å²) in [5.41, 5.74) is 6.40. The van der Waals surface area contributed by atoms with Crippen molar-refractivity contribution in [3.05, 3.63) is 69.7 Å². The molecular formula is C24H25BrN2. The maximum Gasteiger partial charge on any atom is 0.0998 e. The summed E-state index contributed by atoms with van der Waals surface area (Å²) in [4.78, 5) is 2.46. The number of anilines is 1. The van der Waals surface area contributed by atoms with Crippen molar-refractivity contribution in [2.75, 3.05) is 4.90 Å². The van der Waals surface area contributed by atoms with Gasteiger partial charge in [0.15, 0.2) is 0 Å². The van der Waals surface area contributed by atoms with Crippen molar-refractivity contribution in [3.63, 3.8) is 0 Å². The van der Waals surface area contributed by atoms with Crippen LogP contribution in [-0.2, 0) is 0 Å². The van der Waals surface area contributed by atoms with Crippen molar-refractivity contribution >= 4 is 38.8 Å². The highest BCUT2D eigenvalue weighted by Crippen LogP contribution is 2.40. The van der Waals surface area contributed by atoms with Gasteiger partial charge in [-0.05, 0) is 81.7 Å². The van der Waals surface area contributed by atoms with Gasteiger partial charge in [-0.25, -0.2) is 0 Å². The largest absolute Gasteiger partial charge is 0.360 e. The van der Waals surface area contributed by atoms with Gasteiger partial charge in [0.1, 0.15) is 0 Å². The molecule has 0 fully saturated rings. The topological polar surface area (TPSA) is 27.0 Å². The minimum absolute atomic E-state index is 0.0160. The van der Waals surface area contributed by atoms with Gasteiger partial charge in [-0.1, -0.05) is 40.2 Å². The second-order valence-electron chi connectivity index (χ2n) is 7.90. The molecule has 0 amide bonds. The Morgan fingerprint density at radius 1 is 1.15 bits per heavy atom. The maximum atomic E-state index is 9.63. The van der Waals surface area contributed by atoms with Crippen molar-refractivity contribution in [1.29, 1.82) is 5.26 Å². The zero-order valence-corrected chi connectivity index (χ0v) is 18.1. The molecule has 0 bridgehead atoms. The molecule has 0 radical (unpaired) electrons. The van der Waals surface area contributed by atoms with Crippen molar-refractivity contribution in [2.45, 2.75) is 46.2 Å². The van der Waals surface area contributed by atoms with Gasteiger partial charge < -0.3 is 4.90 Å². The first-order chi connectivity index (χ1) is 12.7. The van der Waals surface area contributed by atoms with Gasteiger partial charge in [-0.15, -0.1) is 0 Å². The molecule has 3 rings (SSSR count). The highest BCUT2D eigenvalue weighted by Gasteiger charge is 2.32. The monoisotopic (exact) mass is 420 g/mol. The standard InChI is InChI=1S/C24H25BrN2/c1-16(2)27-23-11-6-18(13-22(23)17(3)14-24(27,4)5)12-20(15-26)19-7-9-21(25)10-8-19/h6-14,16H,1-5H3/b20-12-. The zero-order valence-electron chi connectivity index (χ0n) is 16.5. The Balaban J connectivity index is 2.07. The molecule has 0 unspecified atom stereocenters. The van der Waals surface area contributed by atoms with E-state index in [0.717, 1.165) is 15.6 Å². The Kier molecular flexibility index (Phi) is 5.31. The van der Waals surface area contributed by atoms with Gasteiger partial charge in [0, 0.05) is 21.8 Å². The fourth-order valence-corrected chi connectivity index (χ4v) is 4.34. The molecule has 27 heavy (non-hydrogen) atoms. The van der Waals surface area contributed by atoms with Gasteiger partial charge >= 0.3 is 0 Å². The summed E-state index contributed by atoms with van der Waals surface area (Å²) in [6.07, 6.45) is 4.30. The van der Waals surface area contributed by atoms with E-state index in [-0.39, 0.29) is 5.54 Å². The molecule has 0 spiro atoms. The molecule has 2 nitrogen and oxygen atoms in total. The van der Waals surface area contributed by atoms with E-state index in [1.807, 2.05) is 30.3 Å². The van der Waals surface area contributed by atoms with E-state index >= 15 is 0 Å². The van der Waals surface area contributed by atoms with Gasteiger partial charge in [-0.2, -0.15) is 5.26 Å². The average molecular weight is 421 g/mol. The van der Waals surface area contributed by atoms with Gasteiger partial charge in [-0.3, -0.25) is 0 Å². The summed E-state index contributed by atoms with van der Waals surface area (Å²) < 4.78 is 1.01. The predicted molar refractivity (Wildman–Crippen MR) is 119 cm³/mol. The molecule has 0 aliphatic carbocycles. The summed E-state index contributed by atoms with van der Waals surface area (Å²) in [5, 5.41) is 9.63. The lowest BCUT2D eigenvalue weighted by Crippen LogP contribution is -2.49. The number of rotatable bonds is 3. The lowest BCUT2D eigenvalue weighted by atomic mass is 9.86. The minimum atomic E-state index is -0.0160. The number of halogens is 1. The van der Waals surface area contributed by atoms with Crippen LogP contribution in [-0.4, -0.2) is 11.6 Å². The smallest absolute Gasteiger partial charge is 0.0998 e. The van der Waals surface area contributed by atoms with Crippen molar-refractivity contribution < 1.29 is 0 Å². The molecular weight excluding hydrogens is 396 g/mol. The van der Waals surface area contributed by atoms with Crippen LogP contribution in [0.3, 0.4) is 0 Å². The van der Waals surface area contributed by atoms with E-state index in [2.05, 4.69) is 85.8 Å². The molecule has 3 heteroatoms. The number of hydrogen-bond acceptors (Lipinski definition) is 2. The second kappa shape index (κ2) is 7.37. The number of hydrogen-bond donors (Lipinski definition) is 0. The Labute approximate surface area is 171 Å². The summed E-state index contributed by atoms with van der Waals surface area (Å²) in [6.45, 7) is 11.2. The van der Waals surface area contributed by atoms with Crippen LogP contribution in [0, 0.1) is 11.3 Å². The molecule has 1 aliphatic heterocycles. The Morgan fingerprint density at radius 3 is 2.41 bits per heavy atom. The number of allylic oxidation sites excluding steroid dienone is 2. The average Bonchev–Trinajstić information content (AvgIpc) is 2.60. The maximum absolute atomic E-state index is 9.63. The zero-order chi connectivity index (χ0) is 19.8. The summed E-state index contributed by atoms with van der Waals surface area (Å²) in [7, 11) is 0. The highest BCUT2D eigenvalue weighted by atomic mass is 79.9. The Morgan fingerprint density at radius 2 is 1.81 bits per heavy atom. The third kappa shape index (κ3) is 3.87. The molecule has 0 saturated heterocycles. The first kappa shape index (κ1) is 19.5. The number of benzene rings is 2. The van der Waals surface area contributed by atoms with Crippen molar-refractivity contribution in [2.24, 2.45) is 0 Å². The molecule has 2 aromatic rings. The van der Waals surface area contributed by atoms with Gasteiger partial charge in [0.25, 0.3) is 0 Å². The summed E-state index contributed by atoms with van der Waals surface area (Å²) >= 11 is 3.44. The summed E-state index contributed by atoms with van der Waals surface area (Å²) in [5.74, 6) is 0. The lowest BCUT2D eigenvalue weighted by molar-refractivity contribution is 0.507. The molecule has 0 atom stereocenters. The fourth-order valence-electron chi connectivity index (χ4n) is 4.08. The first-order valence-corrected chi connectivity index (χ1v) is 10.0. The number of nitriles is 1. The fraction of sp³-hybridized carbons (Fsp3) is 0.292. The van der Waals surface area contributed by atoms with Crippen LogP contribution in [0.2, 0.25) is 0 Å². The first-order valence-electron chi connectivity index (χ1n) is 9.24. The highest BCUT2D eigenvalue weighted by molar-refractivity contribution is 9.10. The van der Waals surface area contributed by atoms with Crippen LogP contribution in [0.15, 0.2) is 53.0 Å². The Bertz CT molecular complexity index is 957. The molecule has 1 aliphatic rings. The third-order valence-electron chi connectivity index (χ3n) is 5.00. The van der Waals surface area contributed by atoms with Crippen molar-refractivity contribution in [1.82, 2.24) is 0 Å². The van der Waals surface area contributed by atoms with E-state index < -0.39 is 0 Å². The van der Waals surface area contributed by atoms with Crippen LogP contribution in [0.1, 0.15) is 51.3 Å². The molecule has 0 saturated carbocycles. The van der Waals surface area contributed by atoms with Crippen LogP contribution in [0.25, 0.3) is 17.2 Å². The normalized spacial score (nSPS) is 16.0. The van der Waals surface area contributed by atoms with Gasteiger partial charge in [0.2, 0.25) is 0 Å². The Hall–Kier alpha value is -2.31. The SMILES string of the molecule is CC1=CC(C)(C)N(C(C)C)c2ccc(/C=C(/C#N)c3ccc(Br)cc3)cc21. The van der Waals surface area contributed by atoms with E-state index in [1.54, 1.807) is 0 Å². The minimum Gasteiger partial charge on any atom is -0.360 e. The van der Waals surface area contributed by atoms with E-state index in [9.17, 15) is 5.26 Å². The third-order valence-corrected chi connectivity index (χ3v) is 5.53. The number of fused-ring (bicyclic) bond motifs is 1. The van der Waals surface area contributed by atoms with Gasteiger partial charge in [0.05, 0.1) is 17.2 Å². The second-order valence-corrected chi connectivity index (χ2v) is 8.81. The van der Waals surface area contributed by atoms with Crippen LogP contribution >= 0.6 is 15.9 Å². The molecule has 0 N–H and O–H groups in total. The lowest BCUT2D eigenvalue weighted by Gasteiger charge is -2.46. The predicted octanol–water partition coefficient (Wildman–Crippen LogP) is 6.92. The quantitative estimate of drug-likeness (QED) is 0.397. The molecule has 1 heterocycles. The van der Waals surface area contributed by atoms with Crippen LogP contribution < -0.4 is 4.90 Å². The van der Waals surface area contributed by atoms with Crippen LogP contribution in [0.5, 0.6) is 0 Å². The van der Waals surface area contributed by atoms with Crippen molar-refractivity contribution in [3.8, 4) is 6.07 Å². The van der Waals surface area contributed by atoms with Crippen LogP contribution in [0.4, 0.5) is 5.69 Å². The van der Waals surface area contributed by atoms with E-state index in [1.165, 1.54) is 16.8 Å².